The molecule has 0 aliphatic heterocycles. The molecular formula is C8H4ClN3. The van der Waals surface area contributed by atoms with E-state index in [0.717, 1.165) is 0 Å². The zero-order chi connectivity index (χ0) is 8.97. The SMILES string of the molecule is N#CC#Cc1cc(Cl)cnc1N. The summed E-state index contributed by atoms with van der Waals surface area (Å²) in [6.45, 7) is 0. The van der Waals surface area contributed by atoms with Crippen LogP contribution in [0.3, 0.4) is 0 Å². The Bertz CT molecular complexity index is 395. The van der Waals surface area contributed by atoms with E-state index in [-0.39, 0.29) is 5.82 Å². The highest BCUT2D eigenvalue weighted by Crippen LogP contribution is 2.13. The molecule has 0 aromatic carbocycles. The molecule has 0 atom stereocenters. The van der Waals surface area contributed by atoms with Crippen molar-refractivity contribution in [2.24, 2.45) is 0 Å². The van der Waals surface area contributed by atoms with Crippen LogP contribution in [0.25, 0.3) is 0 Å². The molecule has 0 spiro atoms. The monoisotopic (exact) mass is 177 g/mol. The van der Waals surface area contributed by atoms with Crippen LogP contribution >= 0.6 is 11.6 Å². The molecule has 0 saturated carbocycles. The maximum atomic E-state index is 8.17. The zero-order valence-corrected chi connectivity index (χ0v) is 6.76. The van der Waals surface area contributed by atoms with Gasteiger partial charge in [-0.25, -0.2) is 4.98 Å². The Labute approximate surface area is 74.8 Å². The largest absolute Gasteiger partial charge is 0.383 e. The van der Waals surface area contributed by atoms with E-state index in [4.69, 9.17) is 22.6 Å². The van der Waals surface area contributed by atoms with Gasteiger partial charge in [-0.05, 0) is 12.0 Å². The van der Waals surface area contributed by atoms with Gasteiger partial charge in [-0.1, -0.05) is 11.6 Å². The van der Waals surface area contributed by atoms with Crippen molar-refractivity contribution in [3.8, 4) is 17.9 Å². The average Bonchev–Trinajstić information content (AvgIpc) is 2.07. The van der Waals surface area contributed by atoms with E-state index in [0.29, 0.717) is 10.6 Å². The fourth-order valence-corrected chi connectivity index (χ4v) is 0.803. The van der Waals surface area contributed by atoms with Gasteiger partial charge in [-0.15, -0.1) is 0 Å². The molecule has 0 amide bonds. The average molecular weight is 178 g/mol. The Balaban J connectivity index is 3.16. The number of nitrogens with zero attached hydrogens (tertiary/aromatic N) is 2. The summed E-state index contributed by atoms with van der Waals surface area (Å²) in [6.07, 6.45) is 1.43. The van der Waals surface area contributed by atoms with Crippen molar-refractivity contribution in [1.82, 2.24) is 4.98 Å². The van der Waals surface area contributed by atoms with Crippen molar-refractivity contribution in [3.63, 3.8) is 0 Å². The molecule has 12 heavy (non-hydrogen) atoms. The maximum Gasteiger partial charge on any atom is 0.152 e. The molecule has 3 nitrogen and oxygen atoms in total. The molecule has 0 aliphatic rings. The Morgan fingerprint density at radius 2 is 2.33 bits per heavy atom. The highest BCUT2D eigenvalue weighted by Gasteiger charge is 1.96. The van der Waals surface area contributed by atoms with E-state index in [9.17, 15) is 0 Å². The second-order valence-electron chi connectivity index (χ2n) is 1.95. The third-order valence-corrected chi connectivity index (χ3v) is 1.34. The van der Waals surface area contributed by atoms with Crippen LogP contribution in [0.2, 0.25) is 5.02 Å². The first-order valence-electron chi connectivity index (χ1n) is 3.05. The second-order valence-corrected chi connectivity index (χ2v) is 2.38. The fraction of sp³-hybridized carbons (Fsp3) is 0. The number of aromatic nitrogens is 1. The minimum absolute atomic E-state index is 0.280. The van der Waals surface area contributed by atoms with Gasteiger partial charge >= 0.3 is 0 Å². The summed E-state index contributed by atoms with van der Waals surface area (Å²) in [6, 6.07) is 3.24. The summed E-state index contributed by atoms with van der Waals surface area (Å²) in [5.41, 5.74) is 5.92. The maximum absolute atomic E-state index is 8.17. The number of nitrogens with two attached hydrogens (primary N) is 1. The molecule has 58 valence electrons. The van der Waals surface area contributed by atoms with Crippen molar-refractivity contribution in [2.45, 2.75) is 0 Å². The van der Waals surface area contributed by atoms with Crippen LogP contribution in [0.1, 0.15) is 5.56 Å². The van der Waals surface area contributed by atoms with E-state index < -0.39 is 0 Å². The summed E-state index contributed by atoms with van der Waals surface area (Å²) in [5, 5.41) is 8.62. The molecule has 1 aromatic heterocycles. The van der Waals surface area contributed by atoms with Crippen LogP contribution in [0.15, 0.2) is 12.3 Å². The summed E-state index contributed by atoms with van der Waals surface area (Å²) in [4.78, 5) is 3.77. The molecule has 0 bridgehead atoms. The molecule has 4 heteroatoms. The highest BCUT2D eigenvalue weighted by molar-refractivity contribution is 6.30. The van der Waals surface area contributed by atoms with Crippen LogP contribution in [0.5, 0.6) is 0 Å². The minimum atomic E-state index is 0.280. The molecule has 0 radical (unpaired) electrons. The first-order chi connectivity index (χ1) is 5.74. The third-order valence-electron chi connectivity index (χ3n) is 1.14. The standard InChI is InChI=1S/C8H4ClN3/c9-7-4-6(2-1-3-10)8(11)12-5-7/h4-5H,(H2,11,12). The summed E-state index contributed by atoms with van der Waals surface area (Å²) in [7, 11) is 0. The lowest BCUT2D eigenvalue weighted by Crippen LogP contribution is -1.93. The van der Waals surface area contributed by atoms with Crippen LogP contribution in [-0.2, 0) is 0 Å². The lowest BCUT2D eigenvalue weighted by molar-refractivity contribution is 1.32. The Morgan fingerprint density at radius 3 is 3.00 bits per heavy atom. The van der Waals surface area contributed by atoms with Crippen molar-refractivity contribution in [1.29, 1.82) is 5.26 Å². The van der Waals surface area contributed by atoms with Gasteiger partial charge in [-0.2, -0.15) is 5.26 Å². The Kier molecular flexibility index (Phi) is 2.53. The normalized spacial score (nSPS) is 8.00. The van der Waals surface area contributed by atoms with E-state index in [2.05, 4.69) is 16.8 Å². The number of anilines is 1. The Hall–Kier alpha value is -1.71. The smallest absolute Gasteiger partial charge is 0.152 e. The van der Waals surface area contributed by atoms with E-state index in [1.165, 1.54) is 6.20 Å². The summed E-state index contributed by atoms with van der Waals surface area (Å²) >= 11 is 5.63. The summed E-state index contributed by atoms with van der Waals surface area (Å²) < 4.78 is 0. The number of hydrogen-bond acceptors (Lipinski definition) is 3. The number of halogens is 1. The van der Waals surface area contributed by atoms with Gasteiger partial charge in [-0.3, -0.25) is 0 Å². The second kappa shape index (κ2) is 3.61. The van der Waals surface area contributed by atoms with Crippen molar-refractivity contribution >= 4 is 17.4 Å². The lowest BCUT2D eigenvalue weighted by Gasteiger charge is -1.95. The Morgan fingerprint density at radius 1 is 1.58 bits per heavy atom. The molecule has 0 unspecified atom stereocenters. The molecule has 1 heterocycles. The van der Waals surface area contributed by atoms with Crippen LogP contribution < -0.4 is 5.73 Å². The van der Waals surface area contributed by atoms with Gasteiger partial charge in [0, 0.05) is 12.1 Å². The predicted molar refractivity (Wildman–Crippen MR) is 46.2 cm³/mol. The number of rotatable bonds is 0. The van der Waals surface area contributed by atoms with Gasteiger partial charge in [0.05, 0.1) is 10.6 Å². The van der Waals surface area contributed by atoms with Crippen molar-refractivity contribution < 1.29 is 0 Å². The molecule has 2 N–H and O–H groups in total. The first-order valence-corrected chi connectivity index (χ1v) is 3.43. The van der Waals surface area contributed by atoms with Gasteiger partial charge < -0.3 is 5.73 Å². The topological polar surface area (TPSA) is 62.7 Å². The van der Waals surface area contributed by atoms with Gasteiger partial charge in [0.2, 0.25) is 0 Å². The highest BCUT2D eigenvalue weighted by atomic mass is 35.5. The van der Waals surface area contributed by atoms with E-state index in [1.807, 2.05) is 0 Å². The van der Waals surface area contributed by atoms with Crippen LogP contribution in [0.4, 0.5) is 5.82 Å². The number of nitriles is 1. The number of hydrogen-bond donors (Lipinski definition) is 1. The first kappa shape index (κ1) is 8.39. The van der Waals surface area contributed by atoms with Crippen molar-refractivity contribution in [3.05, 3.63) is 22.8 Å². The summed E-state index contributed by atoms with van der Waals surface area (Å²) in [5.74, 6) is 5.01. The number of pyridine rings is 1. The van der Waals surface area contributed by atoms with E-state index >= 15 is 0 Å². The predicted octanol–water partition coefficient (Wildman–Crippen LogP) is 1.19. The van der Waals surface area contributed by atoms with E-state index in [1.54, 1.807) is 12.1 Å². The molecule has 1 aromatic rings. The van der Waals surface area contributed by atoms with Crippen molar-refractivity contribution in [2.75, 3.05) is 5.73 Å². The van der Waals surface area contributed by atoms with Crippen LogP contribution in [0, 0.1) is 23.2 Å². The lowest BCUT2D eigenvalue weighted by atomic mass is 10.2. The molecule has 0 aliphatic carbocycles. The molecule has 0 saturated heterocycles. The number of nitrogen functional groups attached to an aromatic ring is 1. The fourth-order valence-electron chi connectivity index (χ4n) is 0.645. The van der Waals surface area contributed by atoms with Gasteiger partial charge in [0.1, 0.15) is 5.82 Å². The molecule has 0 fully saturated rings. The molecular weight excluding hydrogens is 174 g/mol. The van der Waals surface area contributed by atoms with Gasteiger partial charge in [0.25, 0.3) is 0 Å². The van der Waals surface area contributed by atoms with Gasteiger partial charge in [0.15, 0.2) is 6.07 Å². The minimum Gasteiger partial charge on any atom is -0.383 e. The third kappa shape index (κ3) is 1.88. The quantitative estimate of drug-likeness (QED) is 0.606. The molecule has 1 rings (SSSR count). The van der Waals surface area contributed by atoms with Crippen LogP contribution in [-0.4, -0.2) is 4.98 Å². The zero-order valence-electron chi connectivity index (χ0n) is 6.00.